The smallest absolute Gasteiger partial charge is 0.251 e. The van der Waals surface area contributed by atoms with Crippen LogP contribution in [0.3, 0.4) is 0 Å². The molecule has 1 unspecified atom stereocenters. The van der Waals surface area contributed by atoms with Gasteiger partial charge in [-0.2, -0.15) is 5.10 Å². The largest absolute Gasteiger partial charge is 0.352 e. The SMILES string of the molecule is CCn1cc(CN2CCC(CNC(=O)c3ccncc3)C2)c(C)n1. The summed E-state index contributed by atoms with van der Waals surface area (Å²) in [6, 6.07) is 3.48. The second kappa shape index (κ2) is 7.57. The molecule has 128 valence electrons. The molecule has 2 aromatic rings. The van der Waals surface area contributed by atoms with Crippen LogP contribution in [0.25, 0.3) is 0 Å². The third kappa shape index (κ3) is 4.00. The van der Waals surface area contributed by atoms with Crippen LogP contribution >= 0.6 is 0 Å². The lowest BCUT2D eigenvalue weighted by Gasteiger charge is -2.16. The highest BCUT2D eigenvalue weighted by Crippen LogP contribution is 2.19. The molecule has 0 spiro atoms. The number of rotatable bonds is 6. The molecule has 24 heavy (non-hydrogen) atoms. The van der Waals surface area contributed by atoms with Crippen LogP contribution in [0.5, 0.6) is 0 Å². The first-order valence-corrected chi connectivity index (χ1v) is 8.59. The minimum Gasteiger partial charge on any atom is -0.352 e. The Hall–Kier alpha value is -2.21. The molecule has 1 amide bonds. The standard InChI is InChI=1S/C18H25N5O/c1-3-23-13-17(14(2)21-23)12-22-9-6-15(11-22)10-20-18(24)16-4-7-19-8-5-16/h4-5,7-8,13,15H,3,6,9-12H2,1-2H3,(H,20,24). The van der Waals surface area contributed by atoms with E-state index in [1.807, 2.05) is 4.68 Å². The Kier molecular flexibility index (Phi) is 5.25. The van der Waals surface area contributed by atoms with Gasteiger partial charge in [-0.3, -0.25) is 19.4 Å². The van der Waals surface area contributed by atoms with E-state index < -0.39 is 0 Å². The van der Waals surface area contributed by atoms with Crippen molar-refractivity contribution >= 4 is 5.91 Å². The van der Waals surface area contributed by atoms with E-state index in [-0.39, 0.29) is 5.91 Å². The Bertz CT molecular complexity index is 682. The van der Waals surface area contributed by atoms with Gasteiger partial charge in [0.05, 0.1) is 5.69 Å². The third-order valence-electron chi connectivity index (χ3n) is 4.63. The first-order valence-electron chi connectivity index (χ1n) is 8.59. The molecule has 6 nitrogen and oxygen atoms in total. The van der Waals surface area contributed by atoms with Gasteiger partial charge in [-0.15, -0.1) is 0 Å². The summed E-state index contributed by atoms with van der Waals surface area (Å²) in [7, 11) is 0. The number of aryl methyl sites for hydroxylation is 2. The molecule has 0 radical (unpaired) electrons. The van der Waals surface area contributed by atoms with Crippen LogP contribution < -0.4 is 5.32 Å². The number of aromatic nitrogens is 3. The van der Waals surface area contributed by atoms with Gasteiger partial charge in [0, 0.05) is 55.9 Å². The summed E-state index contributed by atoms with van der Waals surface area (Å²) < 4.78 is 1.99. The van der Waals surface area contributed by atoms with Crippen LogP contribution in [0, 0.1) is 12.8 Å². The molecular weight excluding hydrogens is 302 g/mol. The lowest BCUT2D eigenvalue weighted by Crippen LogP contribution is -2.31. The maximum atomic E-state index is 12.1. The topological polar surface area (TPSA) is 63.0 Å². The van der Waals surface area contributed by atoms with E-state index in [0.29, 0.717) is 11.5 Å². The molecule has 1 aliphatic rings. The van der Waals surface area contributed by atoms with Gasteiger partial charge in [-0.1, -0.05) is 0 Å². The molecule has 0 aromatic carbocycles. The number of hydrogen-bond donors (Lipinski definition) is 1. The Morgan fingerprint density at radius 1 is 1.38 bits per heavy atom. The second-order valence-electron chi connectivity index (χ2n) is 6.43. The number of amides is 1. The second-order valence-corrected chi connectivity index (χ2v) is 6.43. The van der Waals surface area contributed by atoms with Gasteiger partial charge in [0.15, 0.2) is 0 Å². The lowest BCUT2D eigenvalue weighted by molar-refractivity contribution is 0.0947. The summed E-state index contributed by atoms with van der Waals surface area (Å²) in [4.78, 5) is 18.5. The average Bonchev–Trinajstić information content (AvgIpc) is 3.20. The van der Waals surface area contributed by atoms with Crippen molar-refractivity contribution in [2.75, 3.05) is 19.6 Å². The number of carbonyl (C=O) groups excluding carboxylic acids is 1. The maximum absolute atomic E-state index is 12.1. The number of carbonyl (C=O) groups is 1. The van der Waals surface area contributed by atoms with Gasteiger partial charge < -0.3 is 5.32 Å². The first-order chi connectivity index (χ1) is 11.7. The molecule has 0 saturated carbocycles. The summed E-state index contributed by atoms with van der Waals surface area (Å²) in [6.07, 6.45) is 6.56. The van der Waals surface area contributed by atoms with E-state index >= 15 is 0 Å². The van der Waals surface area contributed by atoms with Gasteiger partial charge in [-0.25, -0.2) is 0 Å². The summed E-state index contributed by atoms with van der Waals surface area (Å²) >= 11 is 0. The molecule has 3 rings (SSSR count). The summed E-state index contributed by atoms with van der Waals surface area (Å²) in [6.45, 7) is 8.85. The monoisotopic (exact) mass is 327 g/mol. The van der Waals surface area contributed by atoms with Gasteiger partial charge in [0.25, 0.3) is 5.91 Å². The van der Waals surface area contributed by atoms with E-state index in [4.69, 9.17) is 0 Å². The predicted molar refractivity (Wildman–Crippen MR) is 92.6 cm³/mol. The Labute approximate surface area is 142 Å². The van der Waals surface area contributed by atoms with E-state index in [2.05, 4.69) is 40.3 Å². The molecule has 1 atom stereocenters. The fraction of sp³-hybridized carbons (Fsp3) is 0.500. The van der Waals surface area contributed by atoms with E-state index in [1.54, 1.807) is 24.5 Å². The quantitative estimate of drug-likeness (QED) is 0.880. The fourth-order valence-corrected chi connectivity index (χ4v) is 3.18. The van der Waals surface area contributed by atoms with Gasteiger partial charge in [0.2, 0.25) is 0 Å². The molecule has 0 aliphatic carbocycles. The van der Waals surface area contributed by atoms with E-state index in [9.17, 15) is 4.79 Å². The van der Waals surface area contributed by atoms with Crippen molar-refractivity contribution in [3.8, 4) is 0 Å². The van der Waals surface area contributed by atoms with Crippen molar-refractivity contribution in [3.63, 3.8) is 0 Å². The van der Waals surface area contributed by atoms with Crippen molar-refractivity contribution in [2.45, 2.75) is 33.4 Å². The minimum atomic E-state index is -0.0177. The van der Waals surface area contributed by atoms with E-state index in [0.717, 1.165) is 44.8 Å². The van der Waals surface area contributed by atoms with Gasteiger partial charge in [0.1, 0.15) is 0 Å². The fourth-order valence-electron chi connectivity index (χ4n) is 3.18. The summed E-state index contributed by atoms with van der Waals surface area (Å²) in [5, 5.41) is 7.55. The molecule has 1 aliphatic heterocycles. The Morgan fingerprint density at radius 2 is 2.17 bits per heavy atom. The molecule has 1 N–H and O–H groups in total. The van der Waals surface area contributed by atoms with Crippen LogP contribution in [0.2, 0.25) is 0 Å². The van der Waals surface area contributed by atoms with Crippen molar-refractivity contribution in [2.24, 2.45) is 5.92 Å². The lowest BCUT2D eigenvalue weighted by atomic mass is 10.1. The molecule has 1 fully saturated rings. The molecular formula is C18H25N5O. The first kappa shape index (κ1) is 16.6. The maximum Gasteiger partial charge on any atom is 0.251 e. The number of hydrogen-bond acceptors (Lipinski definition) is 4. The Morgan fingerprint density at radius 3 is 2.88 bits per heavy atom. The molecule has 1 saturated heterocycles. The molecule has 2 aromatic heterocycles. The van der Waals surface area contributed by atoms with E-state index in [1.165, 1.54) is 5.56 Å². The highest BCUT2D eigenvalue weighted by atomic mass is 16.1. The number of nitrogens with zero attached hydrogens (tertiary/aromatic N) is 4. The molecule has 6 heteroatoms. The van der Waals surface area contributed by atoms with Crippen LogP contribution in [0.1, 0.15) is 35.0 Å². The summed E-state index contributed by atoms with van der Waals surface area (Å²) in [5.41, 5.74) is 3.09. The van der Waals surface area contributed by atoms with Crippen molar-refractivity contribution in [1.82, 2.24) is 25.0 Å². The molecule has 3 heterocycles. The van der Waals surface area contributed by atoms with Crippen molar-refractivity contribution in [1.29, 1.82) is 0 Å². The predicted octanol–water partition coefficient (Wildman–Crippen LogP) is 1.86. The zero-order chi connectivity index (χ0) is 16.9. The third-order valence-corrected chi connectivity index (χ3v) is 4.63. The zero-order valence-corrected chi connectivity index (χ0v) is 14.4. The van der Waals surface area contributed by atoms with Gasteiger partial charge >= 0.3 is 0 Å². The van der Waals surface area contributed by atoms with Crippen LogP contribution in [-0.4, -0.2) is 45.2 Å². The summed E-state index contributed by atoms with van der Waals surface area (Å²) in [5.74, 6) is 0.494. The highest BCUT2D eigenvalue weighted by molar-refractivity contribution is 5.93. The van der Waals surface area contributed by atoms with Crippen molar-refractivity contribution in [3.05, 3.63) is 47.5 Å². The Balaban J connectivity index is 1.47. The van der Waals surface area contributed by atoms with Crippen molar-refractivity contribution < 1.29 is 4.79 Å². The molecule has 0 bridgehead atoms. The zero-order valence-electron chi connectivity index (χ0n) is 14.4. The van der Waals surface area contributed by atoms with Crippen LogP contribution in [-0.2, 0) is 13.1 Å². The highest BCUT2D eigenvalue weighted by Gasteiger charge is 2.23. The van der Waals surface area contributed by atoms with Crippen LogP contribution in [0.4, 0.5) is 0 Å². The number of likely N-dealkylation sites (tertiary alicyclic amines) is 1. The average molecular weight is 327 g/mol. The van der Waals surface area contributed by atoms with Gasteiger partial charge in [-0.05, 0) is 44.9 Å². The minimum absolute atomic E-state index is 0.0177. The number of nitrogens with one attached hydrogen (secondary N) is 1. The number of pyridine rings is 1. The van der Waals surface area contributed by atoms with Crippen LogP contribution in [0.15, 0.2) is 30.7 Å². The normalized spacial score (nSPS) is 18.0.